The van der Waals surface area contributed by atoms with Gasteiger partial charge in [0.25, 0.3) is 0 Å². The lowest BCUT2D eigenvalue weighted by molar-refractivity contribution is 0.415. The van der Waals surface area contributed by atoms with E-state index in [0.717, 1.165) is 27.3 Å². The van der Waals surface area contributed by atoms with Crippen LogP contribution >= 0.6 is 15.9 Å². The average molecular weight is 374 g/mol. The number of anilines is 1. The second kappa shape index (κ2) is 6.70. The highest BCUT2D eigenvalue weighted by atomic mass is 79.9. The molecule has 0 unspecified atom stereocenters. The molecule has 7 heteroatoms. The van der Waals surface area contributed by atoms with Crippen LogP contribution in [-0.2, 0) is 6.54 Å². The van der Waals surface area contributed by atoms with Gasteiger partial charge in [-0.1, -0.05) is 6.07 Å². The van der Waals surface area contributed by atoms with Gasteiger partial charge in [0.15, 0.2) is 5.96 Å². The monoisotopic (exact) mass is 373 g/mol. The molecule has 23 heavy (non-hydrogen) atoms. The lowest BCUT2D eigenvalue weighted by Crippen LogP contribution is -2.22. The molecule has 0 saturated carbocycles. The van der Waals surface area contributed by atoms with E-state index in [9.17, 15) is 0 Å². The second-order valence-corrected chi connectivity index (χ2v) is 5.82. The molecule has 0 radical (unpaired) electrons. The Morgan fingerprint density at radius 3 is 3.04 bits per heavy atom. The van der Waals surface area contributed by atoms with Crippen LogP contribution in [0.25, 0.3) is 5.65 Å². The molecule has 0 saturated heterocycles. The van der Waals surface area contributed by atoms with Crippen LogP contribution in [0, 0.1) is 0 Å². The molecule has 2 aromatic heterocycles. The summed E-state index contributed by atoms with van der Waals surface area (Å²) in [5.74, 6) is 1.09. The average Bonchev–Trinajstić information content (AvgIpc) is 2.95. The van der Waals surface area contributed by atoms with Crippen LogP contribution in [0.1, 0.15) is 5.69 Å². The Labute approximate surface area is 142 Å². The van der Waals surface area contributed by atoms with Gasteiger partial charge >= 0.3 is 0 Å². The molecule has 3 rings (SSSR count). The Hall–Kier alpha value is -2.54. The van der Waals surface area contributed by atoms with Crippen LogP contribution in [0.5, 0.6) is 5.75 Å². The number of nitrogens with zero attached hydrogens (tertiary/aromatic N) is 3. The van der Waals surface area contributed by atoms with Crippen LogP contribution < -0.4 is 15.8 Å². The van der Waals surface area contributed by atoms with Gasteiger partial charge in [-0.2, -0.15) is 0 Å². The van der Waals surface area contributed by atoms with Crippen LogP contribution in [0.4, 0.5) is 5.69 Å². The number of ether oxygens (including phenoxy) is 1. The van der Waals surface area contributed by atoms with Gasteiger partial charge in [-0.05, 0) is 40.2 Å². The topological polar surface area (TPSA) is 76.9 Å². The number of hydrogen-bond donors (Lipinski definition) is 2. The zero-order valence-electron chi connectivity index (χ0n) is 12.5. The molecular weight excluding hydrogens is 358 g/mol. The normalized spacial score (nSPS) is 11.7. The van der Waals surface area contributed by atoms with E-state index < -0.39 is 0 Å². The van der Waals surface area contributed by atoms with E-state index in [-0.39, 0.29) is 0 Å². The van der Waals surface area contributed by atoms with Gasteiger partial charge < -0.3 is 20.2 Å². The first-order valence-electron chi connectivity index (χ1n) is 6.98. The highest BCUT2D eigenvalue weighted by Gasteiger charge is 2.02. The fourth-order valence-electron chi connectivity index (χ4n) is 2.15. The molecule has 6 nitrogen and oxygen atoms in total. The molecule has 0 atom stereocenters. The summed E-state index contributed by atoms with van der Waals surface area (Å²) >= 11 is 3.44. The van der Waals surface area contributed by atoms with Crippen molar-refractivity contribution < 1.29 is 4.74 Å². The van der Waals surface area contributed by atoms with E-state index in [1.807, 2.05) is 53.2 Å². The maximum atomic E-state index is 5.92. The summed E-state index contributed by atoms with van der Waals surface area (Å²) in [6, 6.07) is 11.4. The largest absolute Gasteiger partial charge is 0.497 e. The standard InChI is InChI=1S/C16H16BrN5O/c1-23-14-4-2-3-12(7-14)21-16(18)19-8-13-10-22-9-11(17)5-6-15(22)20-13/h2-7,9-10H,8H2,1H3,(H3,18,19,21). The molecule has 0 amide bonds. The summed E-state index contributed by atoms with van der Waals surface area (Å²) in [6.45, 7) is 0.405. The number of rotatable bonds is 4. The third-order valence-electron chi connectivity index (χ3n) is 3.22. The molecule has 0 bridgehead atoms. The lowest BCUT2D eigenvalue weighted by atomic mass is 10.3. The van der Waals surface area contributed by atoms with Crippen LogP contribution in [0.2, 0.25) is 0 Å². The highest BCUT2D eigenvalue weighted by molar-refractivity contribution is 9.10. The van der Waals surface area contributed by atoms with Crippen molar-refractivity contribution >= 4 is 33.2 Å². The summed E-state index contributed by atoms with van der Waals surface area (Å²) in [5, 5.41) is 3.04. The molecule has 0 aliphatic rings. The van der Waals surface area contributed by atoms with E-state index in [4.69, 9.17) is 10.5 Å². The second-order valence-electron chi connectivity index (χ2n) is 4.90. The van der Waals surface area contributed by atoms with Gasteiger partial charge in [-0.25, -0.2) is 9.98 Å². The van der Waals surface area contributed by atoms with Gasteiger partial charge in [0.2, 0.25) is 0 Å². The number of benzene rings is 1. The number of aromatic nitrogens is 2. The van der Waals surface area contributed by atoms with Crippen molar-refractivity contribution in [2.75, 3.05) is 12.4 Å². The van der Waals surface area contributed by atoms with Crippen molar-refractivity contribution in [1.82, 2.24) is 9.38 Å². The van der Waals surface area contributed by atoms with Crippen LogP contribution in [0.15, 0.2) is 58.3 Å². The van der Waals surface area contributed by atoms with Crippen LogP contribution in [0.3, 0.4) is 0 Å². The van der Waals surface area contributed by atoms with Gasteiger partial charge in [0, 0.05) is 28.6 Å². The first-order chi connectivity index (χ1) is 11.1. The first-order valence-corrected chi connectivity index (χ1v) is 7.77. The number of guanidine groups is 1. The summed E-state index contributed by atoms with van der Waals surface area (Å²) in [6.07, 6.45) is 3.88. The highest BCUT2D eigenvalue weighted by Crippen LogP contribution is 2.16. The Kier molecular flexibility index (Phi) is 4.47. The van der Waals surface area contributed by atoms with Crippen molar-refractivity contribution in [1.29, 1.82) is 0 Å². The molecular formula is C16H16BrN5O. The van der Waals surface area contributed by atoms with Gasteiger partial charge in [0.05, 0.1) is 19.3 Å². The minimum atomic E-state index is 0.330. The molecule has 0 aliphatic carbocycles. The van der Waals surface area contributed by atoms with Crippen molar-refractivity contribution in [3.63, 3.8) is 0 Å². The number of halogens is 1. The summed E-state index contributed by atoms with van der Waals surface area (Å²) in [7, 11) is 1.62. The number of pyridine rings is 1. The van der Waals surface area contributed by atoms with Crippen molar-refractivity contribution in [2.45, 2.75) is 6.54 Å². The molecule has 118 valence electrons. The van der Waals surface area contributed by atoms with E-state index in [1.54, 1.807) is 7.11 Å². The quantitative estimate of drug-likeness (QED) is 0.544. The number of methoxy groups -OCH3 is 1. The Morgan fingerprint density at radius 2 is 2.22 bits per heavy atom. The Morgan fingerprint density at radius 1 is 1.35 bits per heavy atom. The van der Waals surface area contributed by atoms with Crippen molar-refractivity contribution in [3.05, 3.63) is 59.0 Å². The third-order valence-corrected chi connectivity index (χ3v) is 3.69. The van der Waals surface area contributed by atoms with Gasteiger partial charge in [-0.15, -0.1) is 0 Å². The fourth-order valence-corrected chi connectivity index (χ4v) is 2.50. The molecule has 3 aromatic rings. The van der Waals surface area contributed by atoms with Crippen LogP contribution in [-0.4, -0.2) is 22.5 Å². The maximum Gasteiger partial charge on any atom is 0.193 e. The Balaban J connectivity index is 1.70. The number of hydrogen-bond acceptors (Lipinski definition) is 3. The number of fused-ring (bicyclic) bond motifs is 1. The smallest absolute Gasteiger partial charge is 0.193 e. The predicted molar refractivity (Wildman–Crippen MR) is 94.8 cm³/mol. The molecule has 2 heterocycles. The summed E-state index contributed by atoms with van der Waals surface area (Å²) in [4.78, 5) is 8.81. The maximum absolute atomic E-state index is 5.92. The fraction of sp³-hybridized carbons (Fsp3) is 0.125. The zero-order valence-corrected chi connectivity index (χ0v) is 14.1. The molecule has 3 N–H and O–H groups in total. The van der Waals surface area contributed by atoms with E-state index in [0.29, 0.717) is 12.5 Å². The number of nitrogens with one attached hydrogen (secondary N) is 1. The van der Waals surface area contributed by atoms with E-state index >= 15 is 0 Å². The Bertz CT molecular complexity index is 859. The van der Waals surface area contributed by atoms with Crippen molar-refractivity contribution in [3.8, 4) is 5.75 Å². The summed E-state index contributed by atoms with van der Waals surface area (Å²) in [5.41, 5.74) is 8.46. The van der Waals surface area contributed by atoms with Gasteiger partial charge in [0.1, 0.15) is 11.4 Å². The number of aliphatic imine (C=N–C) groups is 1. The number of imidazole rings is 1. The minimum Gasteiger partial charge on any atom is -0.497 e. The van der Waals surface area contributed by atoms with Crippen molar-refractivity contribution in [2.24, 2.45) is 10.7 Å². The first kappa shape index (κ1) is 15.4. The predicted octanol–water partition coefficient (Wildman–Crippen LogP) is 3.03. The molecule has 0 fully saturated rings. The number of nitrogens with two attached hydrogens (primary N) is 1. The third kappa shape index (κ3) is 3.81. The molecule has 0 spiro atoms. The molecule has 1 aromatic carbocycles. The van der Waals surface area contributed by atoms with E-state index in [1.165, 1.54) is 0 Å². The summed E-state index contributed by atoms with van der Waals surface area (Å²) < 4.78 is 8.11. The zero-order chi connectivity index (χ0) is 16.2. The van der Waals surface area contributed by atoms with E-state index in [2.05, 4.69) is 31.2 Å². The van der Waals surface area contributed by atoms with Gasteiger partial charge in [-0.3, -0.25) is 0 Å². The molecule has 0 aliphatic heterocycles. The lowest BCUT2D eigenvalue weighted by Gasteiger charge is -2.06. The SMILES string of the molecule is COc1cccc(NC(N)=NCc2cn3cc(Br)ccc3n2)c1. The minimum absolute atomic E-state index is 0.330.